The lowest BCUT2D eigenvalue weighted by Gasteiger charge is -2.20. The number of nitrogens with zero attached hydrogens (tertiary/aromatic N) is 4. The van der Waals surface area contributed by atoms with E-state index < -0.39 is 5.60 Å². The number of aromatic nitrogens is 4. The van der Waals surface area contributed by atoms with Gasteiger partial charge in [0.15, 0.2) is 0 Å². The number of carbonyl (C=O) groups excluding carboxylic acids is 1. The number of aryl methyl sites for hydroxylation is 2. The van der Waals surface area contributed by atoms with Gasteiger partial charge in [-0.25, -0.2) is 14.8 Å². The van der Waals surface area contributed by atoms with Crippen molar-refractivity contribution in [2.45, 2.75) is 32.9 Å². The maximum absolute atomic E-state index is 11.3. The molecular weight excluding hydrogens is 356 g/mol. The molecule has 0 bridgehead atoms. The van der Waals surface area contributed by atoms with Gasteiger partial charge in [0, 0.05) is 29.3 Å². The third kappa shape index (κ3) is 3.95. The van der Waals surface area contributed by atoms with Crippen LogP contribution in [0.2, 0.25) is 0 Å². The number of benzene rings is 1. The molecule has 1 aliphatic heterocycles. The molecule has 8 heteroatoms. The zero-order valence-electron chi connectivity index (χ0n) is 16.1. The number of nitrogens with one attached hydrogen (secondary N) is 2. The van der Waals surface area contributed by atoms with Crippen LogP contribution in [0, 0.1) is 13.8 Å². The maximum atomic E-state index is 11.3. The van der Waals surface area contributed by atoms with Crippen molar-refractivity contribution >= 4 is 17.7 Å². The van der Waals surface area contributed by atoms with Crippen LogP contribution in [0.5, 0.6) is 0 Å². The summed E-state index contributed by atoms with van der Waals surface area (Å²) < 4.78 is 7.15. The lowest BCUT2D eigenvalue weighted by Crippen LogP contribution is -2.34. The fourth-order valence-corrected chi connectivity index (χ4v) is 3.25. The summed E-state index contributed by atoms with van der Waals surface area (Å²) in [5.74, 6) is 0.565. The Labute approximate surface area is 163 Å². The molecule has 0 unspecified atom stereocenters. The average molecular weight is 378 g/mol. The average Bonchev–Trinajstić information content (AvgIpc) is 3.21. The van der Waals surface area contributed by atoms with Crippen LogP contribution in [0.3, 0.4) is 0 Å². The van der Waals surface area contributed by atoms with Crippen molar-refractivity contribution in [1.82, 2.24) is 25.1 Å². The van der Waals surface area contributed by atoms with E-state index >= 15 is 0 Å². The van der Waals surface area contributed by atoms with Crippen molar-refractivity contribution in [3.05, 3.63) is 54.1 Å². The van der Waals surface area contributed by atoms with Gasteiger partial charge in [0.05, 0.1) is 19.3 Å². The van der Waals surface area contributed by atoms with Crippen LogP contribution in [0.25, 0.3) is 11.1 Å². The van der Waals surface area contributed by atoms with Gasteiger partial charge in [0.1, 0.15) is 5.60 Å². The molecule has 1 amide bonds. The molecule has 1 aliphatic rings. The van der Waals surface area contributed by atoms with Crippen molar-refractivity contribution in [1.29, 1.82) is 0 Å². The minimum absolute atomic E-state index is 0.386. The number of carbonyl (C=O) groups is 1. The third-order valence-electron chi connectivity index (χ3n) is 4.54. The second kappa shape index (κ2) is 6.95. The van der Waals surface area contributed by atoms with Gasteiger partial charge in [-0.1, -0.05) is 6.07 Å². The summed E-state index contributed by atoms with van der Waals surface area (Å²) in [6.45, 7) is 6.82. The van der Waals surface area contributed by atoms with Crippen molar-refractivity contribution in [2.24, 2.45) is 0 Å². The van der Waals surface area contributed by atoms with E-state index in [9.17, 15) is 4.79 Å². The van der Waals surface area contributed by atoms with Gasteiger partial charge in [-0.3, -0.25) is 4.68 Å². The number of rotatable bonds is 5. The van der Waals surface area contributed by atoms with Gasteiger partial charge in [0.25, 0.3) is 0 Å². The first-order chi connectivity index (χ1) is 13.4. The van der Waals surface area contributed by atoms with Gasteiger partial charge in [-0.2, -0.15) is 5.10 Å². The monoisotopic (exact) mass is 378 g/mol. The van der Waals surface area contributed by atoms with E-state index in [1.807, 2.05) is 51.4 Å². The largest absolute Gasteiger partial charge is 0.439 e. The van der Waals surface area contributed by atoms with Gasteiger partial charge >= 0.3 is 6.09 Å². The molecule has 0 saturated carbocycles. The highest BCUT2D eigenvalue weighted by Crippen LogP contribution is 2.26. The Morgan fingerprint density at radius 2 is 2.14 bits per heavy atom. The lowest BCUT2D eigenvalue weighted by atomic mass is 10.1. The highest BCUT2D eigenvalue weighted by molar-refractivity contribution is 5.71. The van der Waals surface area contributed by atoms with E-state index in [1.54, 1.807) is 10.9 Å². The summed E-state index contributed by atoms with van der Waals surface area (Å²) in [6.07, 6.45) is 5.12. The minimum atomic E-state index is -0.595. The second-order valence-corrected chi connectivity index (χ2v) is 7.35. The minimum Gasteiger partial charge on any atom is -0.439 e. The normalized spacial score (nSPS) is 18.6. The molecule has 2 N–H and O–H groups in total. The van der Waals surface area contributed by atoms with Crippen LogP contribution in [-0.4, -0.2) is 38.0 Å². The Kier molecular flexibility index (Phi) is 4.46. The first-order valence-corrected chi connectivity index (χ1v) is 9.07. The van der Waals surface area contributed by atoms with E-state index in [0.29, 0.717) is 19.0 Å². The molecule has 3 aromatic rings. The van der Waals surface area contributed by atoms with E-state index in [2.05, 4.69) is 31.8 Å². The van der Waals surface area contributed by atoms with E-state index in [4.69, 9.17) is 4.74 Å². The van der Waals surface area contributed by atoms with Gasteiger partial charge in [-0.15, -0.1) is 0 Å². The molecule has 1 atom stereocenters. The first-order valence-electron chi connectivity index (χ1n) is 9.07. The highest BCUT2D eigenvalue weighted by Gasteiger charge is 2.36. The predicted molar refractivity (Wildman–Crippen MR) is 105 cm³/mol. The molecule has 1 saturated heterocycles. The molecule has 8 nitrogen and oxygen atoms in total. The number of hydrogen-bond donors (Lipinski definition) is 2. The summed E-state index contributed by atoms with van der Waals surface area (Å²) in [7, 11) is 0. The van der Waals surface area contributed by atoms with Crippen LogP contribution in [0.4, 0.5) is 16.4 Å². The Balaban J connectivity index is 1.55. The van der Waals surface area contributed by atoms with E-state index in [-0.39, 0.29) is 6.09 Å². The Bertz CT molecular complexity index is 1030. The number of hydrogen-bond acceptors (Lipinski definition) is 6. The molecule has 4 rings (SSSR count). The molecule has 0 aliphatic carbocycles. The number of ether oxygens (including phenoxy) is 1. The Morgan fingerprint density at radius 3 is 2.89 bits per heavy atom. The lowest BCUT2D eigenvalue weighted by molar-refractivity contribution is 0.0550. The molecule has 0 radical (unpaired) electrons. The Morgan fingerprint density at radius 1 is 1.29 bits per heavy atom. The van der Waals surface area contributed by atoms with Crippen molar-refractivity contribution in [3.63, 3.8) is 0 Å². The van der Waals surface area contributed by atoms with Gasteiger partial charge in [-0.05, 0) is 50.1 Å². The van der Waals surface area contributed by atoms with E-state index in [0.717, 1.165) is 28.1 Å². The molecular formula is C20H22N6O2. The summed E-state index contributed by atoms with van der Waals surface area (Å²) in [6, 6.07) is 8.05. The van der Waals surface area contributed by atoms with Crippen molar-refractivity contribution < 1.29 is 9.53 Å². The standard InChI is InChI=1S/C20H22N6O2/c1-13-6-15(8-17(7-13)25-18-21-5-4-14(2)24-18)16-9-23-26(10-16)12-20(3)11-22-19(27)28-20/h4-10H,11-12H2,1-3H3,(H,22,27)(H,21,24,25)/t20-/m1/s1. The molecule has 28 heavy (non-hydrogen) atoms. The first kappa shape index (κ1) is 18.0. The van der Waals surface area contributed by atoms with Crippen molar-refractivity contribution in [2.75, 3.05) is 11.9 Å². The van der Waals surface area contributed by atoms with Crippen LogP contribution in [0.15, 0.2) is 42.9 Å². The number of amides is 1. The zero-order valence-corrected chi connectivity index (χ0v) is 16.1. The highest BCUT2D eigenvalue weighted by atomic mass is 16.6. The summed E-state index contributed by atoms with van der Waals surface area (Å²) in [4.78, 5) is 20.0. The zero-order chi connectivity index (χ0) is 19.7. The van der Waals surface area contributed by atoms with E-state index in [1.165, 1.54) is 0 Å². The number of cyclic esters (lactones) is 1. The van der Waals surface area contributed by atoms with Gasteiger partial charge < -0.3 is 15.4 Å². The van der Waals surface area contributed by atoms with Crippen LogP contribution < -0.4 is 10.6 Å². The molecule has 0 spiro atoms. The quantitative estimate of drug-likeness (QED) is 0.708. The molecule has 1 fully saturated rings. The van der Waals surface area contributed by atoms with Crippen LogP contribution in [-0.2, 0) is 11.3 Å². The Hall–Kier alpha value is -3.42. The SMILES string of the molecule is Cc1cc(Nc2nccc(C)n2)cc(-c2cnn(C[C@@]3(C)CNC(=O)O3)c2)c1. The smallest absolute Gasteiger partial charge is 0.407 e. The van der Waals surface area contributed by atoms with Gasteiger partial charge in [0.2, 0.25) is 5.95 Å². The van der Waals surface area contributed by atoms with Crippen molar-refractivity contribution in [3.8, 4) is 11.1 Å². The number of alkyl carbamates (subject to hydrolysis) is 1. The summed E-state index contributed by atoms with van der Waals surface area (Å²) in [5, 5.41) is 10.4. The number of anilines is 2. The molecule has 2 aromatic heterocycles. The van der Waals surface area contributed by atoms with Crippen LogP contribution >= 0.6 is 0 Å². The second-order valence-electron chi connectivity index (χ2n) is 7.35. The fraction of sp³-hybridized carbons (Fsp3) is 0.300. The van der Waals surface area contributed by atoms with Crippen LogP contribution in [0.1, 0.15) is 18.2 Å². The molecule has 144 valence electrons. The maximum Gasteiger partial charge on any atom is 0.407 e. The molecule has 3 heterocycles. The summed E-state index contributed by atoms with van der Waals surface area (Å²) in [5.41, 5.74) is 4.35. The third-order valence-corrected chi connectivity index (χ3v) is 4.54. The molecule has 1 aromatic carbocycles. The predicted octanol–water partition coefficient (Wildman–Crippen LogP) is 3.20. The topological polar surface area (TPSA) is 94.0 Å². The fourth-order valence-electron chi connectivity index (χ4n) is 3.25. The summed E-state index contributed by atoms with van der Waals surface area (Å²) >= 11 is 0.